The molecule has 0 aliphatic heterocycles. The first-order valence-corrected chi connectivity index (χ1v) is 8.64. The number of para-hydroxylation sites is 1. The van der Waals surface area contributed by atoms with Crippen LogP contribution in [0.15, 0.2) is 29.3 Å². The molecule has 0 amide bonds. The number of benzene rings is 1. The number of rotatable bonds is 8. The summed E-state index contributed by atoms with van der Waals surface area (Å²) in [6, 6.07) is 6.62. The number of nitrogens with one attached hydrogen (secondary N) is 2. The maximum Gasteiger partial charge on any atom is 0.422 e. The smallest absolute Gasteiger partial charge is 0.422 e. The molecule has 24 heavy (non-hydrogen) atoms. The summed E-state index contributed by atoms with van der Waals surface area (Å²) in [6.07, 6.45) is -2.34. The van der Waals surface area contributed by atoms with E-state index in [9.17, 15) is 13.2 Å². The Kier molecular flexibility index (Phi) is 12.1. The monoisotopic (exact) mass is 477 g/mol. The summed E-state index contributed by atoms with van der Waals surface area (Å²) in [5.41, 5.74) is 0.610. The van der Waals surface area contributed by atoms with Gasteiger partial charge in [-0.2, -0.15) is 24.9 Å². The van der Waals surface area contributed by atoms with Crippen molar-refractivity contribution in [2.75, 3.05) is 31.7 Å². The molecule has 2 N–H and O–H groups in total. The zero-order valence-corrected chi connectivity index (χ0v) is 16.8. The summed E-state index contributed by atoms with van der Waals surface area (Å²) >= 11 is 1.72. The lowest BCUT2D eigenvalue weighted by molar-refractivity contribution is -0.153. The van der Waals surface area contributed by atoms with E-state index in [4.69, 9.17) is 4.74 Å². The van der Waals surface area contributed by atoms with E-state index in [1.54, 1.807) is 30.0 Å². The van der Waals surface area contributed by atoms with E-state index in [-0.39, 0.29) is 36.3 Å². The first kappa shape index (κ1) is 23.2. The summed E-state index contributed by atoms with van der Waals surface area (Å²) in [5.74, 6) is 1.77. The highest BCUT2D eigenvalue weighted by Crippen LogP contribution is 2.22. The zero-order valence-electron chi connectivity index (χ0n) is 13.7. The first-order chi connectivity index (χ1) is 11.0. The van der Waals surface area contributed by atoms with Crippen molar-refractivity contribution in [3.8, 4) is 5.75 Å². The van der Waals surface area contributed by atoms with E-state index in [1.165, 1.54) is 6.07 Å². The number of halogens is 4. The van der Waals surface area contributed by atoms with Crippen LogP contribution in [0.4, 0.5) is 13.2 Å². The van der Waals surface area contributed by atoms with Gasteiger partial charge in [0.2, 0.25) is 0 Å². The van der Waals surface area contributed by atoms with Crippen molar-refractivity contribution in [2.24, 2.45) is 4.99 Å². The van der Waals surface area contributed by atoms with Gasteiger partial charge < -0.3 is 15.4 Å². The molecule has 0 saturated carbocycles. The van der Waals surface area contributed by atoms with Gasteiger partial charge in [0.15, 0.2) is 12.6 Å². The van der Waals surface area contributed by atoms with Crippen molar-refractivity contribution in [1.82, 2.24) is 10.6 Å². The maximum atomic E-state index is 12.3. The van der Waals surface area contributed by atoms with Crippen LogP contribution in [0.2, 0.25) is 0 Å². The molecule has 0 aliphatic rings. The Hall–Kier alpha value is -0.840. The van der Waals surface area contributed by atoms with Crippen molar-refractivity contribution in [3.63, 3.8) is 0 Å². The quantitative estimate of drug-likeness (QED) is 0.260. The number of guanidine groups is 1. The van der Waals surface area contributed by atoms with Crippen LogP contribution >= 0.6 is 35.7 Å². The number of thioether (sulfide) groups is 1. The summed E-state index contributed by atoms with van der Waals surface area (Å²) in [4.78, 5) is 4.38. The topological polar surface area (TPSA) is 45.7 Å². The van der Waals surface area contributed by atoms with Gasteiger partial charge in [-0.15, -0.1) is 24.0 Å². The number of aliphatic imine (C=N–C) groups is 1. The molecule has 0 atom stereocenters. The normalized spacial score (nSPS) is 11.6. The predicted molar refractivity (Wildman–Crippen MR) is 105 cm³/mol. The van der Waals surface area contributed by atoms with Crippen molar-refractivity contribution in [2.45, 2.75) is 19.6 Å². The minimum Gasteiger partial charge on any atom is -0.484 e. The third-order valence-electron chi connectivity index (χ3n) is 2.71. The molecule has 1 aromatic carbocycles. The van der Waals surface area contributed by atoms with Gasteiger partial charge in [-0.25, -0.2) is 4.99 Å². The molecule has 1 aromatic rings. The summed E-state index contributed by atoms with van der Waals surface area (Å²) in [6.45, 7) is 2.35. The first-order valence-electron chi connectivity index (χ1n) is 7.25. The lowest BCUT2D eigenvalue weighted by Crippen LogP contribution is -2.38. The second kappa shape index (κ2) is 12.5. The Morgan fingerprint density at radius 3 is 2.58 bits per heavy atom. The van der Waals surface area contributed by atoms with Crippen molar-refractivity contribution in [3.05, 3.63) is 29.8 Å². The minimum atomic E-state index is -4.36. The molecule has 0 heterocycles. The fourth-order valence-corrected chi connectivity index (χ4v) is 2.02. The second-order valence-electron chi connectivity index (χ2n) is 4.63. The molecule has 0 saturated heterocycles. The fourth-order valence-electron chi connectivity index (χ4n) is 1.71. The van der Waals surface area contributed by atoms with Gasteiger partial charge >= 0.3 is 6.18 Å². The lowest BCUT2D eigenvalue weighted by atomic mass is 10.2. The van der Waals surface area contributed by atoms with Crippen LogP contribution in [0.5, 0.6) is 5.75 Å². The molecule has 0 fully saturated rings. The minimum absolute atomic E-state index is 0. The molecule has 4 nitrogen and oxygen atoms in total. The number of hydrogen-bond donors (Lipinski definition) is 2. The van der Waals surface area contributed by atoms with Crippen LogP contribution in [0.25, 0.3) is 0 Å². The van der Waals surface area contributed by atoms with Crippen LogP contribution in [-0.2, 0) is 6.54 Å². The molecule has 138 valence electrons. The number of ether oxygens (including phenoxy) is 1. The zero-order chi connectivity index (χ0) is 17.1. The largest absolute Gasteiger partial charge is 0.484 e. The number of hydrogen-bond acceptors (Lipinski definition) is 3. The van der Waals surface area contributed by atoms with Crippen LogP contribution in [0.3, 0.4) is 0 Å². The number of nitrogens with zero attached hydrogens (tertiary/aromatic N) is 1. The molecule has 0 spiro atoms. The third kappa shape index (κ3) is 10.1. The highest BCUT2D eigenvalue weighted by Gasteiger charge is 2.28. The molecule has 0 aliphatic carbocycles. The van der Waals surface area contributed by atoms with Crippen LogP contribution in [0, 0.1) is 0 Å². The molecule has 0 aromatic heterocycles. The predicted octanol–water partition coefficient (Wildman–Crippen LogP) is 3.66. The maximum absolute atomic E-state index is 12.3. The molecular formula is C15H23F3IN3OS. The second-order valence-corrected chi connectivity index (χ2v) is 5.61. The molecule has 0 bridgehead atoms. The van der Waals surface area contributed by atoms with E-state index in [0.717, 1.165) is 12.3 Å². The molecule has 9 heteroatoms. The van der Waals surface area contributed by atoms with Gasteiger partial charge in [-0.1, -0.05) is 18.2 Å². The van der Waals surface area contributed by atoms with Gasteiger partial charge in [0.1, 0.15) is 5.75 Å². The van der Waals surface area contributed by atoms with Gasteiger partial charge in [-0.05, 0) is 19.2 Å². The Morgan fingerprint density at radius 2 is 1.96 bits per heavy atom. The van der Waals surface area contributed by atoms with Crippen LogP contribution < -0.4 is 15.4 Å². The van der Waals surface area contributed by atoms with Gasteiger partial charge in [0.25, 0.3) is 0 Å². The van der Waals surface area contributed by atoms with E-state index in [2.05, 4.69) is 15.6 Å². The highest BCUT2D eigenvalue weighted by atomic mass is 127. The van der Waals surface area contributed by atoms with Crippen molar-refractivity contribution >= 4 is 41.7 Å². The standard InChI is InChI=1S/C15H22F3N3OS.HI/c1-3-19-14(20-8-9-23-2)21-10-12-6-4-5-7-13(12)22-11-15(16,17)18;/h4-7H,3,8-11H2,1-2H3,(H2,19,20,21);1H. The summed E-state index contributed by atoms with van der Waals surface area (Å²) < 4.78 is 41.7. The SMILES string of the molecule is CCNC(=NCc1ccccc1OCC(F)(F)F)NCCSC.I. The molecule has 0 unspecified atom stereocenters. The van der Waals surface area contributed by atoms with Gasteiger partial charge in [-0.3, -0.25) is 0 Å². The molecule has 1 rings (SSSR count). The Labute approximate surface area is 162 Å². The molecular weight excluding hydrogens is 454 g/mol. The van der Waals surface area contributed by atoms with E-state index in [0.29, 0.717) is 18.1 Å². The lowest BCUT2D eigenvalue weighted by Gasteiger charge is -2.13. The average Bonchev–Trinajstić information content (AvgIpc) is 2.51. The van der Waals surface area contributed by atoms with Crippen LogP contribution in [0.1, 0.15) is 12.5 Å². The average molecular weight is 477 g/mol. The summed E-state index contributed by atoms with van der Waals surface area (Å²) in [5, 5.41) is 6.26. The van der Waals surface area contributed by atoms with Gasteiger partial charge in [0, 0.05) is 24.4 Å². The highest BCUT2D eigenvalue weighted by molar-refractivity contribution is 14.0. The van der Waals surface area contributed by atoms with Gasteiger partial charge in [0.05, 0.1) is 6.54 Å². The third-order valence-corrected chi connectivity index (χ3v) is 3.33. The number of alkyl halides is 3. The Bertz CT molecular complexity index is 501. The summed E-state index contributed by atoms with van der Waals surface area (Å²) in [7, 11) is 0. The van der Waals surface area contributed by atoms with Crippen LogP contribution in [-0.4, -0.2) is 43.8 Å². The Balaban J connectivity index is 0.00000529. The van der Waals surface area contributed by atoms with Crippen molar-refractivity contribution in [1.29, 1.82) is 0 Å². The van der Waals surface area contributed by atoms with E-state index < -0.39 is 12.8 Å². The van der Waals surface area contributed by atoms with E-state index >= 15 is 0 Å². The Morgan fingerprint density at radius 1 is 1.25 bits per heavy atom. The molecule has 0 radical (unpaired) electrons. The van der Waals surface area contributed by atoms with E-state index in [1.807, 2.05) is 13.2 Å². The van der Waals surface area contributed by atoms with Crippen molar-refractivity contribution < 1.29 is 17.9 Å². The fraction of sp³-hybridized carbons (Fsp3) is 0.533.